The van der Waals surface area contributed by atoms with Gasteiger partial charge in [-0.25, -0.2) is 4.79 Å². The highest BCUT2D eigenvalue weighted by Crippen LogP contribution is 2.50. The molecule has 2 fully saturated rings. The van der Waals surface area contributed by atoms with Crippen LogP contribution in [-0.4, -0.2) is 102 Å². The number of hydrogen-bond acceptors (Lipinski definition) is 7. The van der Waals surface area contributed by atoms with Crippen molar-refractivity contribution in [2.24, 2.45) is 0 Å². The van der Waals surface area contributed by atoms with Crippen molar-refractivity contribution in [2.45, 2.75) is 31.3 Å². The summed E-state index contributed by atoms with van der Waals surface area (Å²) in [5.74, 6) is 0.666. The predicted octanol–water partition coefficient (Wildman–Crippen LogP) is 3.29. The van der Waals surface area contributed by atoms with Gasteiger partial charge >= 0.3 is 6.03 Å². The molecule has 2 aromatic carbocycles. The molecule has 3 aliphatic rings. The zero-order valence-corrected chi connectivity index (χ0v) is 23.0. The number of H-pyrrole nitrogens is 1. The average Bonchev–Trinajstić information content (AvgIpc) is 3.43. The second-order valence-corrected chi connectivity index (χ2v) is 10.7. The minimum atomic E-state index is -1.03. The molecule has 3 aliphatic heterocycles. The monoisotopic (exact) mass is 548 g/mol. The normalized spacial score (nSPS) is 23.1. The van der Waals surface area contributed by atoms with Gasteiger partial charge in [0.15, 0.2) is 0 Å². The molecule has 3 amide bonds. The molecule has 3 aromatic rings. The number of phenolic OH excluding ortho intramolecular Hbond substituents is 1. The number of nitrogens with zero attached hydrogens (tertiary/aromatic N) is 3. The van der Waals surface area contributed by atoms with Crippen LogP contribution in [0.3, 0.4) is 0 Å². The molecular formula is C30H36N4O6. The van der Waals surface area contributed by atoms with Gasteiger partial charge in [0, 0.05) is 56.3 Å². The Morgan fingerprint density at radius 3 is 2.67 bits per heavy atom. The maximum absolute atomic E-state index is 14.3. The Morgan fingerprint density at radius 1 is 1.10 bits per heavy atom. The number of aromatic nitrogens is 1. The Kier molecular flexibility index (Phi) is 7.16. The standard InChI is InChI=1S/C30H36N4O6/c1-3-30-19-24-23-18-22(40-16-15-38-2)7-8-25(23)31-26(24)27(20-5-4-6-21(35)17-20)34(30)29(37)33(28(30)36)10-9-32-11-13-39-14-12-32/h4-8,17-18,27,31,35H,3,9-16,19H2,1-2H3. The smallest absolute Gasteiger partial charge is 0.328 e. The third kappa shape index (κ3) is 4.40. The van der Waals surface area contributed by atoms with Crippen LogP contribution in [0.5, 0.6) is 11.5 Å². The second-order valence-electron chi connectivity index (χ2n) is 10.7. The largest absolute Gasteiger partial charge is 0.508 e. The molecule has 10 nitrogen and oxygen atoms in total. The summed E-state index contributed by atoms with van der Waals surface area (Å²) in [5.41, 5.74) is 2.47. The SMILES string of the molecule is CCC12Cc3c([nH]c4ccc(OCCOC)cc34)C(c3cccc(O)c3)N1C(=O)N(CCN1CCOCC1)C2=O. The van der Waals surface area contributed by atoms with Crippen LogP contribution < -0.4 is 4.74 Å². The minimum Gasteiger partial charge on any atom is -0.508 e. The van der Waals surface area contributed by atoms with Gasteiger partial charge in [0.1, 0.15) is 29.7 Å². The van der Waals surface area contributed by atoms with E-state index in [9.17, 15) is 14.7 Å². The van der Waals surface area contributed by atoms with Crippen molar-refractivity contribution in [2.75, 3.05) is 59.7 Å². The Balaban J connectivity index is 1.43. The first kappa shape index (κ1) is 26.6. The maximum Gasteiger partial charge on any atom is 0.328 e. The minimum absolute atomic E-state index is 0.110. The van der Waals surface area contributed by atoms with E-state index in [1.165, 1.54) is 4.90 Å². The van der Waals surface area contributed by atoms with Crippen molar-refractivity contribution in [3.63, 3.8) is 0 Å². The van der Waals surface area contributed by atoms with E-state index < -0.39 is 11.6 Å². The van der Waals surface area contributed by atoms with Crippen molar-refractivity contribution in [3.05, 3.63) is 59.3 Å². The number of rotatable bonds is 9. The first-order chi connectivity index (χ1) is 19.5. The molecule has 0 radical (unpaired) electrons. The van der Waals surface area contributed by atoms with Gasteiger partial charge in [-0.15, -0.1) is 0 Å². The van der Waals surface area contributed by atoms with Crippen molar-refractivity contribution < 1.29 is 28.9 Å². The molecule has 0 saturated carbocycles. The Bertz CT molecular complexity index is 1420. The highest BCUT2D eigenvalue weighted by atomic mass is 16.5. The number of fused-ring (bicyclic) bond motifs is 4. The van der Waals surface area contributed by atoms with Crippen LogP contribution in [0.15, 0.2) is 42.5 Å². The van der Waals surface area contributed by atoms with Gasteiger partial charge in [-0.3, -0.25) is 19.5 Å². The molecule has 1 aromatic heterocycles. The summed E-state index contributed by atoms with van der Waals surface area (Å²) < 4.78 is 16.5. The molecule has 10 heteroatoms. The Morgan fingerprint density at radius 2 is 1.93 bits per heavy atom. The lowest BCUT2D eigenvalue weighted by atomic mass is 9.78. The fourth-order valence-electron chi connectivity index (χ4n) is 6.42. The first-order valence-corrected chi connectivity index (χ1v) is 14.0. The van der Waals surface area contributed by atoms with Crippen LogP contribution in [0.25, 0.3) is 10.9 Å². The van der Waals surface area contributed by atoms with E-state index in [2.05, 4.69) is 9.88 Å². The fourth-order valence-corrected chi connectivity index (χ4v) is 6.42. The third-order valence-corrected chi connectivity index (χ3v) is 8.52. The summed E-state index contributed by atoms with van der Waals surface area (Å²) in [6.45, 7) is 6.72. The molecule has 4 heterocycles. The van der Waals surface area contributed by atoms with Crippen molar-refractivity contribution in [1.29, 1.82) is 0 Å². The van der Waals surface area contributed by atoms with Crippen molar-refractivity contribution in [1.82, 2.24) is 19.7 Å². The van der Waals surface area contributed by atoms with Crippen molar-refractivity contribution in [3.8, 4) is 11.5 Å². The molecule has 2 unspecified atom stereocenters. The molecular weight excluding hydrogens is 512 g/mol. The van der Waals surface area contributed by atoms with Gasteiger partial charge < -0.3 is 24.3 Å². The number of ether oxygens (including phenoxy) is 3. The summed E-state index contributed by atoms with van der Waals surface area (Å²) >= 11 is 0. The van der Waals surface area contributed by atoms with Crippen LogP contribution in [0.1, 0.15) is 36.2 Å². The fraction of sp³-hybridized carbons (Fsp3) is 0.467. The quantitative estimate of drug-likeness (QED) is 0.312. The van der Waals surface area contributed by atoms with Crippen LogP contribution >= 0.6 is 0 Å². The van der Waals surface area contributed by atoms with Crippen molar-refractivity contribution >= 4 is 22.8 Å². The first-order valence-electron chi connectivity index (χ1n) is 14.0. The number of carbonyl (C=O) groups is 2. The molecule has 0 bridgehead atoms. The lowest BCUT2D eigenvalue weighted by molar-refractivity contribution is -0.134. The molecule has 2 N–H and O–H groups in total. The zero-order chi connectivity index (χ0) is 27.9. The zero-order valence-electron chi connectivity index (χ0n) is 23.0. The number of nitrogens with one attached hydrogen (secondary N) is 1. The number of amides is 3. The van der Waals surface area contributed by atoms with Gasteiger partial charge in [0.25, 0.3) is 5.91 Å². The average molecular weight is 549 g/mol. The summed E-state index contributed by atoms with van der Waals surface area (Å²) in [7, 11) is 1.64. The van der Waals surface area contributed by atoms with Gasteiger partial charge in [-0.05, 0) is 47.9 Å². The molecule has 0 aliphatic carbocycles. The second kappa shape index (κ2) is 10.8. The lowest BCUT2D eigenvalue weighted by Crippen LogP contribution is -2.55. The van der Waals surface area contributed by atoms with E-state index in [1.54, 1.807) is 30.2 Å². The highest BCUT2D eigenvalue weighted by molar-refractivity contribution is 6.08. The summed E-state index contributed by atoms with van der Waals surface area (Å²) in [6, 6.07) is 12.0. The number of benzene rings is 2. The summed E-state index contributed by atoms with van der Waals surface area (Å²) in [6.07, 6.45) is 0.866. The number of methoxy groups -OCH3 is 1. The number of hydrogen-bond donors (Lipinski definition) is 2. The summed E-state index contributed by atoms with van der Waals surface area (Å²) in [5, 5.41) is 11.4. The predicted molar refractivity (Wildman–Crippen MR) is 149 cm³/mol. The number of urea groups is 1. The van der Waals surface area contributed by atoms with E-state index in [0.29, 0.717) is 58.1 Å². The van der Waals surface area contributed by atoms with Gasteiger partial charge in [0.2, 0.25) is 0 Å². The van der Waals surface area contributed by atoms with Crippen LogP contribution in [0.2, 0.25) is 0 Å². The number of morpholine rings is 1. The topological polar surface area (TPSA) is 108 Å². The number of carbonyl (C=O) groups excluding carboxylic acids is 2. The van der Waals surface area contributed by atoms with E-state index in [0.717, 1.165) is 40.8 Å². The Hall–Kier alpha value is -3.60. The van der Waals surface area contributed by atoms with Crippen LogP contribution in [-0.2, 0) is 20.7 Å². The molecule has 2 atom stereocenters. The number of imide groups is 1. The molecule has 6 rings (SSSR count). The molecule has 40 heavy (non-hydrogen) atoms. The van der Waals surface area contributed by atoms with E-state index in [4.69, 9.17) is 14.2 Å². The van der Waals surface area contributed by atoms with Crippen LogP contribution in [0.4, 0.5) is 4.79 Å². The van der Waals surface area contributed by atoms with Crippen LogP contribution in [0, 0.1) is 0 Å². The Labute approximate surface area is 233 Å². The third-order valence-electron chi connectivity index (χ3n) is 8.52. The van der Waals surface area contributed by atoms with E-state index in [1.807, 2.05) is 31.2 Å². The molecule has 0 spiro atoms. The van der Waals surface area contributed by atoms with Gasteiger partial charge in [0.05, 0.1) is 19.8 Å². The van der Waals surface area contributed by atoms with E-state index >= 15 is 0 Å². The molecule has 212 valence electrons. The van der Waals surface area contributed by atoms with Gasteiger partial charge in [-0.2, -0.15) is 0 Å². The summed E-state index contributed by atoms with van der Waals surface area (Å²) in [4.78, 5) is 37.4. The maximum atomic E-state index is 14.3. The lowest BCUT2D eigenvalue weighted by Gasteiger charge is -2.44. The number of aromatic hydroxyl groups is 1. The number of aromatic amines is 1. The molecule has 2 saturated heterocycles. The van der Waals surface area contributed by atoms with E-state index in [-0.39, 0.29) is 17.7 Å². The number of phenols is 1. The van der Waals surface area contributed by atoms with Gasteiger partial charge in [-0.1, -0.05) is 19.1 Å². The highest BCUT2D eigenvalue weighted by Gasteiger charge is 2.61.